The first kappa shape index (κ1) is 19.9. The number of rotatable bonds is 4. The molecule has 148 valence electrons. The zero-order valence-electron chi connectivity index (χ0n) is 16.9. The summed E-state index contributed by atoms with van der Waals surface area (Å²) in [5, 5.41) is 2.83. The largest absolute Gasteiger partial charge is 0.368 e. The highest BCUT2D eigenvalue weighted by Gasteiger charge is 2.26. The van der Waals surface area contributed by atoms with Crippen molar-refractivity contribution in [2.24, 2.45) is 0 Å². The third-order valence-electron chi connectivity index (χ3n) is 5.48. The molecule has 0 spiro atoms. The quantitative estimate of drug-likeness (QED) is 0.822. The van der Waals surface area contributed by atoms with Crippen molar-refractivity contribution in [1.82, 2.24) is 4.90 Å². The number of benzene rings is 2. The lowest BCUT2D eigenvalue weighted by Gasteiger charge is -2.35. The number of piperazine rings is 1. The Morgan fingerprint density at radius 2 is 1.75 bits per heavy atom. The molecule has 1 unspecified atom stereocenters. The summed E-state index contributed by atoms with van der Waals surface area (Å²) in [4.78, 5) is 29.1. The van der Waals surface area contributed by atoms with E-state index < -0.39 is 11.8 Å². The molecule has 1 aliphatic heterocycles. The van der Waals surface area contributed by atoms with Crippen LogP contribution in [0.3, 0.4) is 0 Å². The second kappa shape index (κ2) is 8.91. The normalized spacial score (nSPS) is 15.2. The van der Waals surface area contributed by atoms with Gasteiger partial charge in [0.25, 0.3) is 0 Å². The van der Waals surface area contributed by atoms with Crippen LogP contribution in [0.25, 0.3) is 0 Å². The Morgan fingerprint density at radius 3 is 2.43 bits per heavy atom. The van der Waals surface area contributed by atoms with E-state index in [9.17, 15) is 9.59 Å². The van der Waals surface area contributed by atoms with Crippen LogP contribution in [0, 0.1) is 6.92 Å². The summed E-state index contributed by atoms with van der Waals surface area (Å²) < 4.78 is 0. The summed E-state index contributed by atoms with van der Waals surface area (Å²) in [5.41, 5.74) is 4.18. The van der Waals surface area contributed by atoms with Crippen molar-refractivity contribution in [3.8, 4) is 0 Å². The van der Waals surface area contributed by atoms with Crippen LogP contribution in [0.15, 0.2) is 48.5 Å². The van der Waals surface area contributed by atoms with E-state index in [2.05, 4.69) is 49.2 Å². The Morgan fingerprint density at radius 1 is 1.04 bits per heavy atom. The first-order valence-electron chi connectivity index (χ1n) is 10.0. The van der Waals surface area contributed by atoms with Crippen molar-refractivity contribution in [1.29, 1.82) is 0 Å². The van der Waals surface area contributed by atoms with E-state index in [0.717, 1.165) is 30.8 Å². The fraction of sp³-hybridized carbons (Fsp3) is 0.391. The second-order valence-electron chi connectivity index (χ2n) is 7.47. The summed E-state index contributed by atoms with van der Waals surface area (Å²) in [5.74, 6) is -0.688. The maximum absolute atomic E-state index is 12.6. The van der Waals surface area contributed by atoms with Crippen LogP contribution in [0.2, 0.25) is 0 Å². The van der Waals surface area contributed by atoms with Crippen molar-refractivity contribution in [3.05, 3.63) is 59.7 Å². The highest BCUT2D eigenvalue weighted by molar-refractivity contribution is 6.39. The van der Waals surface area contributed by atoms with Gasteiger partial charge in [-0.25, -0.2) is 0 Å². The van der Waals surface area contributed by atoms with E-state index in [-0.39, 0.29) is 0 Å². The topological polar surface area (TPSA) is 52.7 Å². The standard InChI is InChI=1S/C23H29N3O2/c1-4-18(3)20-10-5-6-11-21(20)24-22(27)23(28)26-14-12-25(13-15-26)19-9-7-8-17(2)16-19/h5-11,16,18H,4,12-15H2,1-3H3,(H,24,27). The van der Waals surface area contributed by atoms with Crippen molar-refractivity contribution >= 4 is 23.2 Å². The fourth-order valence-electron chi connectivity index (χ4n) is 3.57. The third kappa shape index (κ3) is 4.53. The van der Waals surface area contributed by atoms with Gasteiger partial charge in [-0.2, -0.15) is 0 Å². The SMILES string of the molecule is CCC(C)c1ccccc1NC(=O)C(=O)N1CCN(c2cccc(C)c2)CC1. The van der Waals surface area contributed by atoms with E-state index in [1.807, 2.05) is 30.3 Å². The van der Waals surface area contributed by atoms with Crippen LogP contribution >= 0.6 is 0 Å². The van der Waals surface area contributed by atoms with Crippen molar-refractivity contribution in [3.63, 3.8) is 0 Å². The van der Waals surface area contributed by atoms with Gasteiger partial charge in [-0.1, -0.05) is 44.2 Å². The Balaban J connectivity index is 1.60. The van der Waals surface area contributed by atoms with Gasteiger partial charge in [0.1, 0.15) is 0 Å². The van der Waals surface area contributed by atoms with Crippen LogP contribution in [-0.2, 0) is 9.59 Å². The van der Waals surface area contributed by atoms with E-state index in [4.69, 9.17) is 0 Å². The lowest BCUT2D eigenvalue weighted by atomic mass is 9.97. The molecule has 0 aromatic heterocycles. The molecule has 2 aromatic carbocycles. The van der Waals surface area contributed by atoms with Crippen LogP contribution in [0.1, 0.15) is 37.3 Å². The van der Waals surface area contributed by atoms with Gasteiger partial charge in [-0.15, -0.1) is 0 Å². The monoisotopic (exact) mass is 379 g/mol. The average Bonchev–Trinajstić information content (AvgIpc) is 2.73. The smallest absolute Gasteiger partial charge is 0.313 e. The molecule has 0 radical (unpaired) electrons. The molecule has 2 aromatic rings. The number of anilines is 2. The van der Waals surface area contributed by atoms with Gasteiger partial charge in [-0.05, 0) is 48.6 Å². The first-order valence-corrected chi connectivity index (χ1v) is 10.0. The Kier molecular flexibility index (Phi) is 6.34. The number of para-hydroxylation sites is 1. The molecule has 5 nitrogen and oxygen atoms in total. The molecule has 1 atom stereocenters. The van der Waals surface area contributed by atoms with Crippen molar-refractivity contribution in [2.75, 3.05) is 36.4 Å². The van der Waals surface area contributed by atoms with Gasteiger partial charge in [0.05, 0.1) is 0 Å². The van der Waals surface area contributed by atoms with Gasteiger partial charge in [0, 0.05) is 37.6 Å². The maximum Gasteiger partial charge on any atom is 0.313 e. The van der Waals surface area contributed by atoms with Gasteiger partial charge in [0.15, 0.2) is 0 Å². The Hall–Kier alpha value is -2.82. The number of hydrogen-bond acceptors (Lipinski definition) is 3. The van der Waals surface area contributed by atoms with E-state index in [1.165, 1.54) is 11.3 Å². The molecule has 1 N–H and O–H groups in total. The van der Waals surface area contributed by atoms with Crippen LogP contribution in [-0.4, -0.2) is 42.9 Å². The van der Waals surface area contributed by atoms with Gasteiger partial charge < -0.3 is 15.1 Å². The number of amides is 2. The number of nitrogens with one attached hydrogen (secondary N) is 1. The molecule has 0 saturated carbocycles. The van der Waals surface area contributed by atoms with Crippen LogP contribution in [0.5, 0.6) is 0 Å². The number of aryl methyl sites for hydroxylation is 1. The summed E-state index contributed by atoms with van der Waals surface area (Å²) in [6.07, 6.45) is 0.974. The highest BCUT2D eigenvalue weighted by atomic mass is 16.2. The number of hydrogen-bond donors (Lipinski definition) is 1. The van der Waals surface area contributed by atoms with Crippen LogP contribution in [0.4, 0.5) is 11.4 Å². The lowest BCUT2D eigenvalue weighted by Crippen LogP contribution is -2.51. The summed E-state index contributed by atoms with van der Waals surface area (Å²) in [7, 11) is 0. The zero-order chi connectivity index (χ0) is 20.1. The summed E-state index contributed by atoms with van der Waals surface area (Å²) >= 11 is 0. The van der Waals surface area contributed by atoms with Crippen molar-refractivity contribution < 1.29 is 9.59 Å². The predicted molar refractivity (Wildman–Crippen MR) is 114 cm³/mol. The van der Waals surface area contributed by atoms with Gasteiger partial charge in [-0.3, -0.25) is 9.59 Å². The van der Waals surface area contributed by atoms with Gasteiger partial charge in [0.2, 0.25) is 0 Å². The van der Waals surface area contributed by atoms with Crippen LogP contribution < -0.4 is 10.2 Å². The molecule has 1 aliphatic rings. The molecule has 1 saturated heterocycles. The van der Waals surface area contributed by atoms with Crippen molar-refractivity contribution in [2.45, 2.75) is 33.1 Å². The van der Waals surface area contributed by atoms with E-state index in [0.29, 0.717) is 19.0 Å². The Labute approximate surface area is 167 Å². The fourth-order valence-corrected chi connectivity index (χ4v) is 3.57. The second-order valence-corrected chi connectivity index (χ2v) is 7.47. The summed E-state index contributed by atoms with van der Waals surface area (Å²) in [6, 6.07) is 16.1. The van der Waals surface area contributed by atoms with E-state index >= 15 is 0 Å². The molecule has 28 heavy (non-hydrogen) atoms. The molecular formula is C23H29N3O2. The number of nitrogens with zero attached hydrogens (tertiary/aromatic N) is 2. The molecule has 2 amide bonds. The molecule has 0 aliphatic carbocycles. The lowest BCUT2D eigenvalue weighted by molar-refractivity contribution is -0.143. The zero-order valence-corrected chi connectivity index (χ0v) is 16.9. The third-order valence-corrected chi connectivity index (χ3v) is 5.48. The Bertz CT molecular complexity index is 841. The van der Waals surface area contributed by atoms with E-state index in [1.54, 1.807) is 4.90 Å². The highest BCUT2D eigenvalue weighted by Crippen LogP contribution is 2.26. The minimum atomic E-state index is -0.556. The first-order chi connectivity index (χ1) is 13.5. The molecule has 1 fully saturated rings. The average molecular weight is 380 g/mol. The predicted octanol–water partition coefficient (Wildman–Crippen LogP) is 3.80. The number of carbonyl (C=O) groups excluding carboxylic acids is 2. The van der Waals surface area contributed by atoms with Gasteiger partial charge >= 0.3 is 11.8 Å². The number of carbonyl (C=O) groups is 2. The molecule has 3 rings (SSSR count). The summed E-state index contributed by atoms with van der Waals surface area (Å²) in [6.45, 7) is 8.86. The minimum Gasteiger partial charge on any atom is -0.368 e. The molecule has 5 heteroatoms. The molecule has 1 heterocycles. The minimum absolute atomic E-state index is 0.324. The molecule has 0 bridgehead atoms. The molecular weight excluding hydrogens is 350 g/mol. The maximum atomic E-state index is 12.6.